The van der Waals surface area contributed by atoms with Crippen molar-refractivity contribution in [2.75, 3.05) is 36.4 Å². The van der Waals surface area contributed by atoms with Crippen LogP contribution in [0.5, 0.6) is 0 Å². The second kappa shape index (κ2) is 6.22. The molecule has 1 N–H and O–H groups in total. The molecular formula is C13H17BrClFN2. The number of hydrogen-bond acceptors (Lipinski definition) is 2. The fourth-order valence-corrected chi connectivity index (χ4v) is 3.10. The summed E-state index contributed by atoms with van der Waals surface area (Å²) in [6.07, 6.45) is 0.265. The Labute approximate surface area is 121 Å². The SMILES string of the molecule is FC(Cl)(CCBr)c1ccc(N2CCNCC2)cc1. The minimum atomic E-state index is -1.77. The van der Waals surface area contributed by atoms with Gasteiger partial charge in [-0.3, -0.25) is 0 Å². The van der Waals surface area contributed by atoms with E-state index in [9.17, 15) is 4.39 Å². The minimum Gasteiger partial charge on any atom is -0.369 e. The Bertz CT molecular complexity index is 377. The van der Waals surface area contributed by atoms with Gasteiger partial charge in [0, 0.05) is 49.2 Å². The van der Waals surface area contributed by atoms with Gasteiger partial charge in [-0.15, -0.1) is 0 Å². The van der Waals surface area contributed by atoms with Crippen LogP contribution in [0, 0.1) is 0 Å². The predicted octanol–water partition coefficient (Wildman–Crippen LogP) is 3.24. The van der Waals surface area contributed by atoms with Crippen molar-refractivity contribution in [1.82, 2.24) is 5.32 Å². The molecule has 1 aromatic rings. The Hall–Kier alpha value is -0.320. The highest BCUT2D eigenvalue weighted by atomic mass is 79.9. The van der Waals surface area contributed by atoms with Gasteiger partial charge < -0.3 is 10.2 Å². The van der Waals surface area contributed by atoms with Crippen molar-refractivity contribution in [3.63, 3.8) is 0 Å². The highest BCUT2D eigenvalue weighted by molar-refractivity contribution is 9.09. The Morgan fingerprint density at radius 1 is 1.28 bits per heavy atom. The van der Waals surface area contributed by atoms with Crippen molar-refractivity contribution in [2.45, 2.75) is 11.5 Å². The molecule has 0 amide bonds. The first-order chi connectivity index (χ1) is 8.63. The van der Waals surface area contributed by atoms with Gasteiger partial charge in [0.25, 0.3) is 0 Å². The number of nitrogens with zero attached hydrogens (tertiary/aromatic N) is 1. The Balaban J connectivity index is 2.09. The number of halogens is 3. The Kier molecular flexibility index (Phi) is 4.87. The van der Waals surface area contributed by atoms with Crippen molar-refractivity contribution in [2.24, 2.45) is 0 Å². The van der Waals surface area contributed by atoms with Gasteiger partial charge in [0.2, 0.25) is 5.13 Å². The summed E-state index contributed by atoms with van der Waals surface area (Å²) in [5.41, 5.74) is 1.66. The lowest BCUT2D eigenvalue weighted by molar-refractivity contribution is 0.278. The van der Waals surface area contributed by atoms with Gasteiger partial charge in [0.1, 0.15) is 0 Å². The summed E-state index contributed by atoms with van der Waals surface area (Å²) in [6.45, 7) is 3.96. The van der Waals surface area contributed by atoms with Crippen LogP contribution in [0.25, 0.3) is 0 Å². The molecule has 0 aromatic heterocycles. The van der Waals surface area contributed by atoms with Crippen molar-refractivity contribution in [3.8, 4) is 0 Å². The van der Waals surface area contributed by atoms with Crippen LogP contribution in [0.15, 0.2) is 24.3 Å². The molecule has 1 unspecified atom stereocenters. The first-order valence-electron chi connectivity index (χ1n) is 6.13. The normalized spacial score (nSPS) is 19.6. The third kappa shape index (κ3) is 3.37. The summed E-state index contributed by atoms with van der Waals surface area (Å²) < 4.78 is 14.1. The third-order valence-corrected chi connectivity index (χ3v) is 3.98. The van der Waals surface area contributed by atoms with Gasteiger partial charge in [-0.05, 0) is 12.1 Å². The lowest BCUT2D eigenvalue weighted by Gasteiger charge is -2.29. The molecule has 1 aliphatic heterocycles. The van der Waals surface area contributed by atoms with Crippen molar-refractivity contribution in [3.05, 3.63) is 29.8 Å². The van der Waals surface area contributed by atoms with Crippen molar-refractivity contribution in [1.29, 1.82) is 0 Å². The molecule has 1 atom stereocenters. The zero-order valence-corrected chi connectivity index (χ0v) is 12.5. The minimum absolute atomic E-state index is 0.265. The Morgan fingerprint density at radius 2 is 1.89 bits per heavy atom. The fraction of sp³-hybridized carbons (Fsp3) is 0.538. The lowest BCUT2D eigenvalue weighted by atomic mass is 10.1. The molecule has 0 radical (unpaired) electrons. The highest BCUT2D eigenvalue weighted by Gasteiger charge is 2.28. The van der Waals surface area contributed by atoms with Gasteiger partial charge in [-0.1, -0.05) is 39.7 Å². The summed E-state index contributed by atoms with van der Waals surface area (Å²) in [6, 6.07) is 7.47. The summed E-state index contributed by atoms with van der Waals surface area (Å²) in [5, 5.41) is 2.08. The molecule has 100 valence electrons. The number of benzene rings is 1. The van der Waals surface area contributed by atoms with E-state index in [1.54, 1.807) is 12.1 Å². The first-order valence-corrected chi connectivity index (χ1v) is 7.63. The van der Waals surface area contributed by atoms with Crippen molar-refractivity contribution >= 4 is 33.2 Å². The summed E-state index contributed by atoms with van der Waals surface area (Å²) in [7, 11) is 0. The average molecular weight is 336 g/mol. The zero-order chi connectivity index (χ0) is 13.0. The predicted molar refractivity (Wildman–Crippen MR) is 78.6 cm³/mol. The standard InChI is InChI=1S/C13H17BrClFN2/c14-6-5-13(15,16)11-1-3-12(4-2-11)18-9-7-17-8-10-18/h1-4,17H,5-10H2. The molecule has 5 heteroatoms. The van der Waals surface area contributed by atoms with E-state index in [1.165, 1.54) is 0 Å². The monoisotopic (exact) mass is 334 g/mol. The van der Waals surface area contributed by atoms with Crippen LogP contribution < -0.4 is 10.2 Å². The lowest BCUT2D eigenvalue weighted by Crippen LogP contribution is -2.43. The highest BCUT2D eigenvalue weighted by Crippen LogP contribution is 2.35. The fourth-order valence-electron chi connectivity index (χ4n) is 2.10. The van der Waals surface area contributed by atoms with Crippen LogP contribution in [0.2, 0.25) is 0 Å². The third-order valence-electron chi connectivity index (χ3n) is 3.18. The average Bonchev–Trinajstić information content (AvgIpc) is 2.40. The van der Waals surface area contributed by atoms with Crippen molar-refractivity contribution < 1.29 is 4.39 Å². The topological polar surface area (TPSA) is 15.3 Å². The number of rotatable bonds is 4. The quantitative estimate of drug-likeness (QED) is 0.850. The molecule has 18 heavy (non-hydrogen) atoms. The molecule has 1 aromatic carbocycles. The van der Waals surface area contributed by atoms with Gasteiger partial charge in [-0.25, -0.2) is 4.39 Å². The van der Waals surface area contributed by atoms with Crippen LogP contribution in [0.3, 0.4) is 0 Å². The summed E-state index contributed by atoms with van der Waals surface area (Å²) in [5.74, 6) is 0. The van der Waals surface area contributed by atoms with Gasteiger partial charge >= 0.3 is 0 Å². The van der Waals surface area contributed by atoms with E-state index >= 15 is 0 Å². The molecule has 0 bridgehead atoms. The molecule has 1 heterocycles. The molecule has 2 rings (SSSR count). The van der Waals surface area contributed by atoms with Gasteiger partial charge in [0.05, 0.1) is 0 Å². The molecule has 0 spiro atoms. The zero-order valence-electron chi connectivity index (χ0n) is 10.1. The van der Waals surface area contributed by atoms with Gasteiger partial charge in [0.15, 0.2) is 0 Å². The van der Waals surface area contributed by atoms with E-state index in [-0.39, 0.29) is 6.42 Å². The number of hydrogen-bond donors (Lipinski definition) is 1. The summed E-state index contributed by atoms with van der Waals surface area (Å²) in [4.78, 5) is 2.29. The number of alkyl halides is 3. The van der Waals surface area contributed by atoms with E-state index in [4.69, 9.17) is 11.6 Å². The molecule has 0 aliphatic carbocycles. The van der Waals surface area contributed by atoms with Crippen LogP contribution in [0.4, 0.5) is 10.1 Å². The van der Waals surface area contributed by atoms with E-state index in [2.05, 4.69) is 26.1 Å². The molecule has 0 saturated carbocycles. The van der Waals surface area contributed by atoms with Crippen LogP contribution in [0.1, 0.15) is 12.0 Å². The largest absolute Gasteiger partial charge is 0.369 e. The molecule has 1 aliphatic rings. The maximum atomic E-state index is 14.1. The van der Waals surface area contributed by atoms with E-state index in [0.717, 1.165) is 31.9 Å². The van der Waals surface area contributed by atoms with E-state index in [0.29, 0.717) is 10.9 Å². The molecular weight excluding hydrogens is 319 g/mol. The maximum Gasteiger partial charge on any atom is 0.209 e. The number of anilines is 1. The smallest absolute Gasteiger partial charge is 0.209 e. The van der Waals surface area contributed by atoms with Gasteiger partial charge in [-0.2, -0.15) is 0 Å². The van der Waals surface area contributed by atoms with E-state index in [1.807, 2.05) is 12.1 Å². The molecule has 1 fully saturated rings. The van der Waals surface area contributed by atoms with E-state index < -0.39 is 5.13 Å². The maximum absolute atomic E-state index is 14.1. The van der Waals surface area contributed by atoms with Crippen LogP contribution in [-0.2, 0) is 5.13 Å². The second-order valence-electron chi connectivity index (χ2n) is 4.43. The summed E-state index contributed by atoms with van der Waals surface area (Å²) >= 11 is 9.10. The number of piperazine rings is 1. The molecule has 2 nitrogen and oxygen atoms in total. The molecule has 1 saturated heterocycles. The Morgan fingerprint density at radius 3 is 2.44 bits per heavy atom. The van der Waals surface area contributed by atoms with Crippen LogP contribution in [-0.4, -0.2) is 31.5 Å². The number of nitrogens with one attached hydrogen (secondary N) is 1. The first kappa shape index (κ1) is 14.1. The van der Waals surface area contributed by atoms with Crippen LogP contribution >= 0.6 is 27.5 Å². The second-order valence-corrected chi connectivity index (χ2v) is 5.82.